The van der Waals surface area contributed by atoms with Crippen molar-refractivity contribution in [2.75, 3.05) is 65.9 Å². The Labute approximate surface area is 559 Å². The molecule has 1 unspecified atom stereocenters. The van der Waals surface area contributed by atoms with E-state index in [0.29, 0.717) is 46.1 Å². The zero-order valence-corrected chi connectivity index (χ0v) is 55.7. The second kappa shape index (κ2) is 37.1. The average molecular weight is 1490 g/mol. The number of benzene rings is 5. The number of hydrogen-bond acceptors (Lipinski definition) is 20. The minimum Gasteiger partial charge on any atom is -0.478 e. The number of carbonyl (C=O) groups excluding carboxylic acids is 9. The van der Waals surface area contributed by atoms with E-state index in [1.165, 1.54) is 34.6 Å². The molecule has 5 rings (SSSR count). The van der Waals surface area contributed by atoms with Gasteiger partial charge in [0, 0.05) is 67.0 Å². The maximum absolute atomic E-state index is 14.1. The average Bonchev–Trinajstić information content (AvgIpc) is 0.762. The van der Waals surface area contributed by atoms with Crippen LogP contribution in [0.1, 0.15) is 70.1 Å². The normalized spacial score (nSPS) is 10.8. The fourth-order valence-corrected chi connectivity index (χ4v) is 9.86. The molecule has 0 fully saturated rings. The zero-order valence-electron chi connectivity index (χ0n) is 51.3. The highest BCUT2D eigenvalue weighted by Gasteiger charge is 2.32. The van der Waals surface area contributed by atoms with Crippen LogP contribution in [0, 0.1) is 7.14 Å². The van der Waals surface area contributed by atoms with Crippen molar-refractivity contribution in [3.05, 3.63) is 182 Å². The Bertz CT molecular complexity index is 3600. The van der Waals surface area contributed by atoms with Gasteiger partial charge in [-0.25, -0.2) is 38.4 Å². The molecule has 0 aliphatic carbocycles. The fourth-order valence-electron chi connectivity index (χ4n) is 7.86. The van der Waals surface area contributed by atoms with Crippen molar-refractivity contribution in [3.8, 4) is 51.0 Å². The molecule has 0 saturated carbocycles. The smallest absolute Gasteiger partial charge is 0.412 e. The van der Waals surface area contributed by atoms with Crippen molar-refractivity contribution in [2.45, 2.75) is 53.4 Å². The van der Waals surface area contributed by atoms with E-state index in [0.717, 1.165) is 0 Å². The van der Waals surface area contributed by atoms with Crippen LogP contribution in [0.2, 0.25) is 0 Å². The summed E-state index contributed by atoms with van der Waals surface area (Å²) in [6, 6.07) is 27.0. The largest absolute Gasteiger partial charge is 0.478 e. The summed E-state index contributed by atoms with van der Waals surface area (Å²) < 4.78 is 57.2. The third kappa shape index (κ3) is 24.1. The minimum absolute atomic E-state index is 0.00576. The molecule has 23 nitrogen and oxygen atoms in total. The topological polar surface area (TPSA) is 294 Å². The third-order valence-electron chi connectivity index (χ3n) is 12.4. The highest BCUT2D eigenvalue weighted by Crippen LogP contribution is 2.48. The van der Waals surface area contributed by atoms with E-state index >= 15 is 0 Å². The Morgan fingerprint density at radius 2 is 0.804 bits per heavy atom. The Morgan fingerprint density at radius 3 is 1.24 bits per heavy atom. The molecule has 1 atom stereocenters. The zero-order chi connectivity index (χ0) is 67.4. The predicted molar refractivity (Wildman–Crippen MR) is 356 cm³/mol. The molecule has 0 aliphatic heterocycles. The second-order valence-electron chi connectivity index (χ2n) is 20.2. The molecule has 5 aromatic carbocycles. The van der Waals surface area contributed by atoms with Crippen molar-refractivity contribution in [2.24, 2.45) is 0 Å². The maximum Gasteiger partial charge on any atom is 0.412 e. The lowest BCUT2D eigenvalue weighted by Gasteiger charge is -2.27. The molecule has 0 spiro atoms. The van der Waals surface area contributed by atoms with Crippen molar-refractivity contribution < 1.29 is 90.5 Å². The van der Waals surface area contributed by atoms with Gasteiger partial charge in [0.05, 0.1) is 29.8 Å². The molecule has 92 heavy (non-hydrogen) atoms. The van der Waals surface area contributed by atoms with Gasteiger partial charge in [-0.05, 0) is 169 Å². The highest BCUT2D eigenvalue weighted by atomic mass is 127. The van der Waals surface area contributed by atoms with Crippen LogP contribution in [0.25, 0.3) is 22.3 Å². The van der Waals surface area contributed by atoms with Crippen LogP contribution in [0.4, 0.5) is 14.4 Å². The lowest BCUT2D eigenvalue weighted by molar-refractivity contribution is -0.141. The molecular weight excluding hydrogens is 1420 g/mol. The summed E-state index contributed by atoms with van der Waals surface area (Å²) in [5.74, 6) is -4.19. The maximum atomic E-state index is 14.1. The van der Waals surface area contributed by atoms with E-state index in [-0.39, 0.29) is 135 Å². The standard InChI is InChI=1S/C67H70I2N4O19/c1-39(2)60(75)83-29-11-12-57(74)92-59-53(36-48(68)37-54(59)69)58(51-34-46(17-23-55(51)88-38-70-25-30-84-61(76)40(3)4)44-13-19-49(20-14-44)89-65(80)71-26-31-85-62(77)41(5)6)52-35-47(18-24-56(52)91-67(82)73-28-33-87-64(79)43(9)10)45-15-21-50(22-16-45)90-66(81)72-27-32-86-63(78)42(7)8/h13-24,34-37,58,70H,1,3,5,7,9,11-12,25-33,38H2,2,4,6,8,10H3,(H,71,80)(H,72,81)(H,73,82). The molecule has 0 aromatic heterocycles. The van der Waals surface area contributed by atoms with Crippen molar-refractivity contribution in [1.82, 2.24) is 21.3 Å². The Balaban J connectivity index is 1.71. The van der Waals surface area contributed by atoms with Gasteiger partial charge >= 0.3 is 54.1 Å². The summed E-state index contributed by atoms with van der Waals surface area (Å²) in [5.41, 5.74) is 4.37. The van der Waals surface area contributed by atoms with Gasteiger partial charge in [-0.3, -0.25) is 10.1 Å². The van der Waals surface area contributed by atoms with Gasteiger partial charge in [0.25, 0.3) is 0 Å². The Hall–Kier alpha value is -9.35. The lowest BCUT2D eigenvalue weighted by atomic mass is 9.81. The van der Waals surface area contributed by atoms with E-state index in [1.807, 2.05) is 6.07 Å². The van der Waals surface area contributed by atoms with Gasteiger partial charge < -0.3 is 63.3 Å². The fraction of sp³-hybridized carbons (Fsp3) is 0.269. The monoisotopic (exact) mass is 1490 g/mol. The first-order valence-electron chi connectivity index (χ1n) is 28.3. The Kier molecular flexibility index (Phi) is 29.6. The summed E-state index contributed by atoms with van der Waals surface area (Å²) in [7, 11) is 0. The summed E-state index contributed by atoms with van der Waals surface area (Å²) in [4.78, 5) is 114. The molecule has 0 radical (unpaired) electrons. The predicted octanol–water partition coefficient (Wildman–Crippen LogP) is 10.9. The van der Waals surface area contributed by atoms with E-state index in [9.17, 15) is 43.2 Å². The van der Waals surface area contributed by atoms with Crippen LogP contribution >= 0.6 is 45.2 Å². The SMILES string of the molecule is C=C(C)C(=O)OCCCC(=O)Oc1c(I)cc(I)cc1C(c1cc(-c2ccc(OC(=O)NCCOC(=O)C(=C)C)cc2)ccc1OCNCCOC(=O)C(=C)C)c1cc(-c2ccc(OC(=O)NCCOC(=O)C(=C)C)cc2)ccc1OC(=O)NCCOC(=O)C(=C)C. The number of esters is 6. The van der Waals surface area contributed by atoms with Crippen molar-refractivity contribution in [3.63, 3.8) is 0 Å². The number of rotatable bonds is 33. The van der Waals surface area contributed by atoms with Crippen LogP contribution < -0.4 is 45.0 Å². The van der Waals surface area contributed by atoms with E-state index < -0.39 is 60.0 Å². The molecule has 0 saturated heterocycles. The molecular formula is C67H70I2N4O19. The van der Waals surface area contributed by atoms with Crippen LogP contribution in [-0.4, -0.2) is 120 Å². The van der Waals surface area contributed by atoms with E-state index in [2.05, 4.69) is 99.3 Å². The van der Waals surface area contributed by atoms with Gasteiger partial charge in [-0.2, -0.15) is 0 Å². The lowest BCUT2D eigenvalue weighted by Crippen LogP contribution is -2.31. The first-order chi connectivity index (χ1) is 43.8. The van der Waals surface area contributed by atoms with Crippen molar-refractivity contribution >= 4 is 99.3 Å². The molecule has 3 amide bonds. The molecule has 0 heterocycles. The quantitative estimate of drug-likeness (QED) is 0.00443. The van der Waals surface area contributed by atoms with Gasteiger partial charge in [0.15, 0.2) is 0 Å². The number of halogens is 2. The highest BCUT2D eigenvalue weighted by molar-refractivity contribution is 14.1. The number of amides is 3. The number of carbonyl (C=O) groups is 9. The molecule has 4 N–H and O–H groups in total. The van der Waals surface area contributed by atoms with Gasteiger partial charge in [-0.15, -0.1) is 0 Å². The molecule has 5 aromatic rings. The Morgan fingerprint density at radius 1 is 0.424 bits per heavy atom. The van der Waals surface area contributed by atoms with Crippen LogP contribution in [-0.2, 0) is 52.5 Å². The van der Waals surface area contributed by atoms with E-state index in [4.69, 9.17) is 47.4 Å². The molecule has 0 aliphatic rings. The summed E-state index contributed by atoms with van der Waals surface area (Å²) >= 11 is 4.20. The third-order valence-corrected chi connectivity index (χ3v) is 13.8. The number of ether oxygens (including phenoxy) is 10. The van der Waals surface area contributed by atoms with Crippen molar-refractivity contribution in [1.29, 1.82) is 0 Å². The summed E-state index contributed by atoms with van der Waals surface area (Å²) in [6.45, 7) is 24.6. The second-order valence-corrected chi connectivity index (χ2v) is 22.6. The summed E-state index contributed by atoms with van der Waals surface area (Å²) in [5, 5.41) is 10.8. The summed E-state index contributed by atoms with van der Waals surface area (Å²) in [6.07, 6.45) is -2.65. The molecule has 0 bridgehead atoms. The van der Waals surface area contributed by atoms with Gasteiger partial charge in [0.2, 0.25) is 0 Å². The van der Waals surface area contributed by atoms with Crippen LogP contribution in [0.3, 0.4) is 0 Å². The van der Waals surface area contributed by atoms with Crippen LogP contribution in [0.5, 0.6) is 28.7 Å². The number of hydrogen-bond donors (Lipinski definition) is 4. The van der Waals surface area contributed by atoms with E-state index in [1.54, 1.807) is 91.0 Å². The number of nitrogens with one attached hydrogen (secondary N) is 4. The van der Waals surface area contributed by atoms with Gasteiger partial charge in [0.1, 0.15) is 61.9 Å². The van der Waals surface area contributed by atoms with Crippen LogP contribution in [0.15, 0.2) is 158 Å². The first-order valence-corrected chi connectivity index (χ1v) is 30.5. The first kappa shape index (κ1) is 73.4. The molecule has 486 valence electrons. The molecule has 25 heteroatoms. The van der Waals surface area contributed by atoms with Gasteiger partial charge in [-0.1, -0.05) is 69.3 Å². The minimum atomic E-state index is -1.12.